The smallest absolute Gasteiger partial charge is 0.328 e. The van der Waals surface area contributed by atoms with Gasteiger partial charge in [0.15, 0.2) is 0 Å². The summed E-state index contributed by atoms with van der Waals surface area (Å²) in [5.41, 5.74) is 1.85. The molecule has 0 unspecified atom stereocenters. The molecule has 3 aromatic rings. The lowest BCUT2D eigenvalue weighted by Gasteiger charge is -2.16. The van der Waals surface area contributed by atoms with Crippen molar-refractivity contribution in [2.45, 2.75) is 13.0 Å². The zero-order valence-electron chi connectivity index (χ0n) is 14.5. The van der Waals surface area contributed by atoms with Crippen LogP contribution in [0.3, 0.4) is 0 Å². The van der Waals surface area contributed by atoms with Crippen molar-refractivity contribution < 1.29 is 4.79 Å². The number of likely N-dealkylation sites (N-methyl/N-ethyl adjacent to an activating group) is 1. The fourth-order valence-corrected chi connectivity index (χ4v) is 2.58. The van der Waals surface area contributed by atoms with Gasteiger partial charge in [0.2, 0.25) is 5.91 Å². The number of H-pyrrole nitrogens is 2. The minimum Gasteiger partial charge on any atom is -0.340 e. The first-order valence-electron chi connectivity index (χ1n) is 8.07. The molecule has 0 saturated carbocycles. The SMILES string of the molecule is CN(Cc1cc(-c2ccccc2)n[nH]1)C(=O)Cc1c[nH]c(=O)n(C)c1=O. The lowest BCUT2D eigenvalue weighted by atomic mass is 10.1. The number of aromatic amines is 2. The molecule has 0 saturated heterocycles. The van der Waals surface area contributed by atoms with E-state index in [0.717, 1.165) is 21.5 Å². The summed E-state index contributed by atoms with van der Waals surface area (Å²) in [5, 5.41) is 7.19. The highest BCUT2D eigenvalue weighted by Crippen LogP contribution is 2.17. The molecular formula is C18H19N5O3. The van der Waals surface area contributed by atoms with E-state index in [2.05, 4.69) is 15.2 Å². The van der Waals surface area contributed by atoms with E-state index >= 15 is 0 Å². The van der Waals surface area contributed by atoms with Crippen LogP contribution in [0.2, 0.25) is 0 Å². The van der Waals surface area contributed by atoms with Gasteiger partial charge in [0, 0.05) is 31.4 Å². The minimum absolute atomic E-state index is 0.0837. The molecule has 26 heavy (non-hydrogen) atoms. The van der Waals surface area contributed by atoms with Gasteiger partial charge in [-0.15, -0.1) is 0 Å². The van der Waals surface area contributed by atoms with E-state index < -0.39 is 11.2 Å². The molecule has 0 aliphatic heterocycles. The first-order valence-corrected chi connectivity index (χ1v) is 8.07. The topological polar surface area (TPSA) is 104 Å². The van der Waals surface area contributed by atoms with Crippen LogP contribution in [0.15, 0.2) is 52.2 Å². The Labute approximate surface area is 149 Å². The van der Waals surface area contributed by atoms with Crippen LogP contribution < -0.4 is 11.2 Å². The number of benzene rings is 1. The number of carbonyl (C=O) groups is 1. The summed E-state index contributed by atoms with van der Waals surface area (Å²) < 4.78 is 0.948. The van der Waals surface area contributed by atoms with Gasteiger partial charge in [-0.3, -0.25) is 19.3 Å². The van der Waals surface area contributed by atoms with Crippen LogP contribution >= 0.6 is 0 Å². The Bertz CT molecular complexity index is 1030. The number of hydrogen-bond acceptors (Lipinski definition) is 4. The van der Waals surface area contributed by atoms with Gasteiger partial charge in [-0.05, 0) is 6.07 Å². The molecule has 1 aromatic carbocycles. The highest BCUT2D eigenvalue weighted by Gasteiger charge is 2.15. The van der Waals surface area contributed by atoms with Gasteiger partial charge < -0.3 is 9.88 Å². The van der Waals surface area contributed by atoms with E-state index in [0.29, 0.717) is 6.54 Å². The van der Waals surface area contributed by atoms with E-state index in [1.807, 2.05) is 36.4 Å². The van der Waals surface area contributed by atoms with E-state index in [-0.39, 0.29) is 17.9 Å². The number of rotatable bonds is 5. The van der Waals surface area contributed by atoms with Crippen LogP contribution in [0.1, 0.15) is 11.3 Å². The molecule has 0 spiro atoms. The third-order valence-corrected chi connectivity index (χ3v) is 4.13. The first kappa shape index (κ1) is 17.4. The molecule has 8 heteroatoms. The maximum atomic E-state index is 12.4. The Hall–Kier alpha value is -3.42. The third-order valence-electron chi connectivity index (χ3n) is 4.13. The number of amides is 1. The summed E-state index contributed by atoms with van der Waals surface area (Å²) in [4.78, 5) is 39.7. The van der Waals surface area contributed by atoms with E-state index in [1.165, 1.54) is 18.1 Å². The molecule has 0 atom stereocenters. The minimum atomic E-state index is -0.509. The van der Waals surface area contributed by atoms with Gasteiger partial charge >= 0.3 is 5.69 Å². The Morgan fingerprint density at radius 1 is 1.23 bits per heavy atom. The molecule has 0 fully saturated rings. The van der Waals surface area contributed by atoms with E-state index in [9.17, 15) is 14.4 Å². The van der Waals surface area contributed by atoms with Crippen molar-refractivity contribution in [2.24, 2.45) is 7.05 Å². The highest BCUT2D eigenvalue weighted by atomic mass is 16.2. The van der Waals surface area contributed by atoms with Crippen molar-refractivity contribution >= 4 is 5.91 Å². The molecular weight excluding hydrogens is 334 g/mol. The molecule has 0 radical (unpaired) electrons. The summed E-state index contributed by atoms with van der Waals surface area (Å²) in [7, 11) is 3.02. The van der Waals surface area contributed by atoms with Gasteiger partial charge in [0.05, 0.1) is 24.4 Å². The molecule has 2 N–H and O–H groups in total. The van der Waals surface area contributed by atoms with Gasteiger partial charge in [0.25, 0.3) is 5.56 Å². The van der Waals surface area contributed by atoms with Crippen molar-refractivity contribution in [3.63, 3.8) is 0 Å². The van der Waals surface area contributed by atoms with Crippen LogP contribution in [0.5, 0.6) is 0 Å². The third kappa shape index (κ3) is 3.64. The predicted octanol–water partition coefficient (Wildman–Crippen LogP) is 0.665. The lowest BCUT2D eigenvalue weighted by molar-refractivity contribution is -0.129. The Balaban J connectivity index is 1.69. The molecule has 0 aliphatic rings. The van der Waals surface area contributed by atoms with Gasteiger partial charge in [-0.1, -0.05) is 30.3 Å². The van der Waals surface area contributed by atoms with Gasteiger partial charge in [-0.25, -0.2) is 4.79 Å². The number of nitrogens with zero attached hydrogens (tertiary/aromatic N) is 3. The molecule has 134 valence electrons. The highest BCUT2D eigenvalue weighted by molar-refractivity contribution is 5.78. The number of aromatic nitrogens is 4. The molecule has 8 nitrogen and oxygen atoms in total. The molecule has 2 heterocycles. The molecule has 1 amide bonds. The molecule has 0 bridgehead atoms. The summed E-state index contributed by atoms with van der Waals surface area (Å²) >= 11 is 0. The van der Waals surface area contributed by atoms with Gasteiger partial charge in [-0.2, -0.15) is 5.10 Å². The summed E-state index contributed by atoms with van der Waals surface area (Å²) in [6, 6.07) is 11.6. The Kier molecular flexibility index (Phi) is 4.83. The molecule has 2 aromatic heterocycles. The van der Waals surface area contributed by atoms with Crippen molar-refractivity contribution in [2.75, 3.05) is 7.05 Å². The van der Waals surface area contributed by atoms with Crippen molar-refractivity contribution in [3.8, 4) is 11.3 Å². The van der Waals surface area contributed by atoms with E-state index in [4.69, 9.17) is 0 Å². The second-order valence-corrected chi connectivity index (χ2v) is 6.05. The lowest BCUT2D eigenvalue weighted by Crippen LogP contribution is -2.37. The summed E-state index contributed by atoms with van der Waals surface area (Å²) in [5.74, 6) is -0.231. The second kappa shape index (κ2) is 7.22. The molecule has 0 aliphatic carbocycles. The molecule has 3 rings (SSSR count). The summed E-state index contributed by atoms with van der Waals surface area (Å²) in [6.45, 7) is 0.336. The number of hydrogen-bond donors (Lipinski definition) is 2. The first-order chi connectivity index (χ1) is 12.5. The van der Waals surface area contributed by atoms with Crippen LogP contribution in [-0.4, -0.2) is 37.6 Å². The zero-order valence-corrected chi connectivity index (χ0v) is 14.5. The van der Waals surface area contributed by atoms with Gasteiger partial charge in [0.1, 0.15) is 0 Å². The second-order valence-electron chi connectivity index (χ2n) is 6.05. The van der Waals surface area contributed by atoms with Crippen LogP contribution in [-0.2, 0) is 24.8 Å². The standard InChI is InChI=1S/C18H19N5O3/c1-22(16(24)8-13-10-19-18(26)23(2)17(13)25)11-14-9-15(21-20-14)12-6-4-3-5-7-12/h3-7,9-10H,8,11H2,1-2H3,(H,19,26)(H,20,21). The fraction of sp³-hybridized carbons (Fsp3) is 0.222. The van der Waals surface area contributed by atoms with Crippen molar-refractivity contribution in [1.29, 1.82) is 0 Å². The average Bonchev–Trinajstić information content (AvgIpc) is 3.11. The predicted molar refractivity (Wildman–Crippen MR) is 96.5 cm³/mol. The maximum Gasteiger partial charge on any atom is 0.328 e. The number of carbonyl (C=O) groups excluding carboxylic acids is 1. The normalized spacial score (nSPS) is 10.7. The quantitative estimate of drug-likeness (QED) is 0.703. The van der Waals surface area contributed by atoms with Crippen LogP contribution in [0.4, 0.5) is 0 Å². The van der Waals surface area contributed by atoms with Crippen LogP contribution in [0, 0.1) is 0 Å². The largest absolute Gasteiger partial charge is 0.340 e. The number of nitrogens with one attached hydrogen (secondary N) is 2. The Morgan fingerprint density at radius 2 is 1.96 bits per heavy atom. The monoisotopic (exact) mass is 353 g/mol. The zero-order chi connectivity index (χ0) is 18.7. The van der Waals surface area contributed by atoms with Crippen molar-refractivity contribution in [3.05, 3.63) is 74.7 Å². The maximum absolute atomic E-state index is 12.4. The van der Waals surface area contributed by atoms with Crippen LogP contribution in [0.25, 0.3) is 11.3 Å². The Morgan fingerprint density at radius 3 is 2.69 bits per heavy atom. The fourth-order valence-electron chi connectivity index (χ4n) is 2.58. The average molecular weight is 353 g/mol. The van der Waals surface area contributed by atoms with E-state index in [1.54, 1.807) is 7.05 Å². The summed E-state index contributed by atoms with van der Waals surface area (Å²) in [6.07, 6.45) is 1.21. The van der Waals surface area contributed by atoms with Crippen molar-refractivity contribution in [1.82, 2.24) is 24.6 Å².